The molecule has 0 atom stereocenters. The predicted octanol–water partition coefficient (Wildman–Crippen LogP) is 21.9. The molecule has 8 aromatic carbocycles. The molecule has 3 heterocycles. The molecule has 0 aromatic heterocycles. The Balaban J connectivity index is 0. The van der Waals surface area contributed by atoms with Crippen molar-refractivity contribution in [1.29, 1.82) is 0 Å². The Labute approximate surface area is 921 Å². The molecule has 11 rings (SSSR count). The molecule has 0 bridgehead atoms. The van der Waals surface area contributed by atoms with Gasteiger partial charge in [0.25, 0.3) is 5.69 Å². The van der Waals surface area contributed by atoms with E-state index in [-0.39, 0.29) is 88.6 Å². The number of nitrogens with two attached hydrogens (primary N) is 5. The van der Waals surface area contributed by atoms with Gasteiger partial charge in [-0.3, -0.25) is 25.0 Å². The molecule has 3 saturated heterocycles. The van der Waals surface area contributed by atoms with Gasteiger partial charge < -0.3 is 153 Å². The summed E-state index contributed by atoms with van der Waals surface area (Å²) in [6, 6.07) is 37.5. The molecule has 0 saturated carbocycles. The summed E-state index contributed by atoms with van der Waals surface area (Å²) in [6.07, 6.45) is 0.605. The first-order valence-electron chi connectivity index (χ1n) is 42.5. The second kappa shape index (κ2) is 65.3. The minimum atomic E-state index is -0.547. The molecule has 138 heavy (non-hydrogen) atoms. The molecule has 0 unspecified atom stereocenters. The number of aliphatic hydroxyl groups is 1. The molecule has 1 radical (unpaired) electrons. The van der Waals surface area contributed by atoms with Crippen LogP contribution in [-0.4, -0.2) is 243 Å². The quantitative estimate of drug-likeness (QED) is 0.00292. The Bertz CT molecular complexity index is 4860. The molecule has 28 nitrogen and oxygen atoms in total. The molecule has 0 aliphatic carbocycles. The monoisotopic (exact) mass is 2720 g/mol. The van der Waals surface area contributed by atoms with Gasteiger partial charge in [-0.2, -0.15) is 8.86 Å². The number of carbonyl (C=O) groups is 1. The minimum absolute atomic E-state index is 0. The zero-order chi connectivity index (χ0) is 105. The average molecular weight is 2730 g/mol. The normalized spacial score (nSPS) is 14.5. The molecule has 15 N–H and O–H groups in total. The molecule has 3 fully saturated rings. The average Bonchev–Trinajstić information content (AvgIpc) is 1.57. The molecule has 8 aromatic rings. The van der Waals surface area contributed by atoms with Gasteiger partial charge in [0.2, 0.25) is 0 Å². The van der Waals surface area contributed by atoms with Crippen molar-refractivity contribution < 1.29 is 88.2 Å². The number of nitrogens with one attached hydrogen (secondary N) is 4. The first-order valence-corrected chi connectivity index (χ1v) is 50.3. The summed E-state index contributed by atoms with van der Waals surface area (Å²) in [4.78, 5) is 40.9. The van der Waals surface area contributed by atoms with Crippen LogP contribution in [0.25, 0.3) is 22.3 Å². The molecule has 0 amide bonds. The SMILES string of the molecule is C.CC(I)(I)I.CC1(C)OB(B2OC(C)(C)C(C)(C)O2)OC1(C)C.CN(C)CCN.CN(C)CCNc1cc(F)cc(-c2cccc(N)c2N)c1.CN(C)CCNc1cc(F)cc(-c2cccc(N)c2[N+](=O)[O-])c1.CN(C)CCNc1cc(F)cc(B2OC(C)(C)C(C)(C)O2)c1.CN(C)CCNc1cc(F)cc(Br)c1.CO.C[C-](I)I.Nc1cccc(Br)c1[N+](=O)[O-].O=Cc1cc(F)cc(Br)c1.[V]. The second-order valence-electron chi connectivity index (χ2n) is 35.0. The number of para-hydroxylation sites is 3. The van der Waals surface area contributed by atoms with Gasteiger partial charge >= 0.3 is 26.8 Å². The molecule has 3 aliphatic rings. The largest absolute Gasteiger partial charge is 0.495 e. The number of nitro benzene ring substituents is 2. The molecule has 769 valence electrons. The molecule has 3 aliphatic heterocycles. The number of nitrogens with zero attached hydrogens (tertiary/aromatic N) is 7. The number of likely N-dealkylation sites (N-methyl/N-ethyl adjacent to an activating group) is 5. The van der Waals surface area contributed by atoms with Gasteiger partial charge in [-0.25, -0.2) is 22.0 Å². The number of anilines is 8. The van der Waals surface area contributed by atoms with E-state index in [1.807, 2.05) is 189 Å². The van der Waals surface area contributed by atoms with Crippen molar-refractivity contribution in [2.75, 3.05) is 187 Å². The van der Waals surface area contributed by atoms with E-state index in [9.17, 15) is 47.0 Å². The number of halogens is 13. The number of rotatable bonds is 25. The van der Waals surface area contributed by atoms with Crippen molar-refractivity contribution in [1.82, 2.24) is 24.5 Å². The Hall–Kier alpha value is -4.37. The van der Waals surface area contributed by atoms with Crippen molar-refractivity contribution in [3.05, 3.63) is 216 Å². The van der Waals surface area contributed by atoms with Gasteiger partial charge in [0.15, 0.2) is 0 Å². The zero-order valence-electron chi connectivity index (χ0n) is 82.6. The summed E-state index contributed by atoms with van der Waals surface area (Å²) in [5.74, 6) is -1.70. The zero-order valence-corrected chi connectivity index (χ0v) is 99.5. The Morgan fingerprint density at radius 2 is 0.746 bits per heavy atom. The van der Waals surface area contributed by atoms with Crippen molar-refractivity contribution in [2.24, 2.45) is 5.73 Å². The maximum Gasteiger partial charge on any atom is 0.495 e. The fourth-order valence-corrected chi connectivity index (χ4v) is 12.8. The topological polar surface area (TPSA) is 373 Å². The Morgan fingerprint density at radius 3 is 1.06 bits per heavy atom. The van der Waals surface area contributed by atoms with Crippen LogP contribution in [0.5, 0.6) is 0 Å². The third-order valence-corrected chi connectivity index (χ3v) is 21.8. The van der Waals surface area contributed by atoms with Gasteiger partial charge in [0.1, 0.15) is 46.2 Å². The fourth-order valence-electron chi connectivity index (χ4n) is 11.3. The summed E-state index contributed by atoms with van der Waals surface area (Å²) in [5.41, 5.74) is 32.7. The number of aliphatic hydroxyl groups excluding tert-OH is 1. The number of nitro groups is 2. The number of aldehydes is 1. The van der Waals surface area contributed by atoms with Crippen molar-refractivity contribution in [2.45, 2.75) is 137 Å². The van der Waals surface area contributed by atoms with Gasteiger partial charge in [-0.15, -0.1) is 0 Å². The van der Waals surface area contributed by atoms with Crippen molar-refractivity contribution >= 4 is 251 Å². The summed E-state index contributed by atoms with van der Waals surface area (Å²) in [5, 5.41) is 41.3. The van der Waals surface area contributed by atoms with Crippen LogP contribution in [0, 0.1) is 51.2 Å². The summed E-state index contributed by atoms with van der Waals surface area (Å²) in [6.45, 7) is 36.5. The van der Waals surface area contributed by atoms with E-state index in [0.717, 1.165) is 93.1 Å². The Kier molecular flexibility index (Phi) is 64.2. The number of nitrogen functional groups attached to an aromatic ring is 4. The first-order chi connectivity index (χ1) is 62.8. The number of benzene rings is 8. The van der Waals surface area contributed by atoms with Crippen molar-refractivity contribution in [3.8, 4) is 22.3 Å². The third-order valence-electron chi connectivity index (χ3n) is 20.2. The van der Waals surface area contributed by atoms with E-state index in [2.05, 4.69) is 215 Å². The van der Waals surface area contributed by atoms with Crippen LogP contribution in [0.1, 0.15) is 115 Å². The van der Waals surface area contributed by atoms with Gasteiger partial charge in [-0.05, 0) is 314 Å². The number of hydrogen-bond acceptors (Lipinski definition) is 26. The van der Waals surface area contributed by atoms with E-state index in [1.54, 1.807) is 42.5 Å². The van der Waals surface area contributed by atoms with Crippen LogP contribution < -0.4 is 55.4 Å². The molecular formula is C93H139B3Br3F5I5N16O12V-. The maximum absolute atomic E-state index is 13.9. The number of hydrogen-bond donors (Lipinski definition) is 10. The van der Waals surface area contributed by atoms with Gasteiger partial charge in [-0.1, -0.05) is 131 Å². The maximum atomic E-state index is 13.9. The van der Waals surface area contributed by atoms with E-state index in [1.165, 1.54) is 74.7 Å². The van der Waals surface area contributed by atoms with E-state index >= 15 is 0 Å². The summed E-state index contributed by atoms with van der Waals surface area (Å²) >= 11 is 20.9. The van der Waals surface area contributed by atoms with Crippen molar-refractivity contribution in [3.63, 3.8) is 0 Å². The van der Waals surface area contributed by atoms with Crippen LogP contribution in [0.2, 0.25) is 0 Å². The standard InChI is InChI=1S/C16H26BFN2O2.C16H19FN4O2.C16H21FN4.C12H24B2O4.C10H14BrFN2.C7H4BrFO.C6H5BrN2O2.C4H12N2.C2H3I3.C2H3I2.CH4O.CH4.V/c1-15(2)16(3,4)22-17(21-15)12-9-13(18)11-14(10-12)19-7-8-20(5)6;1-20(2)7-6-19-13-9-11(8-12(17)10-13)14-4-3-5-15(18)16(14)21(22)23;1-21(2)7-6-20-13-9-11(8-12(17)10-13)14-4-3-5-15(18)16(14)19;1-9(2)10(3,4)16-13(15-9)14-17-11(5,6)12(7,8)18-14;1-14(2)4-3-13-10-6-8(11)5-9(12)7-10;8-6-1-5(4-10)2-7(9)3-6;7-4-2-1-3-5(8)6(4)9(10)11;1-6(2)4-3-5;1-2(3,4)5;1-2(3)4;1-2;;/h9-11,19H,7-8H2,1-6H3;3-5,8-10,19H,6-7,18H2,1-2H3;3-5,8-10,20H,6-7,18-19H2,1-2H3;1-8H3;5-7,13H,3-4H2,1-2H3;1-4H;1-3H,8H2;3-5H2,1-2H3;1H3;1H3;2H,1H3;1H4;/q;;;;;;;;;-1;;;. The van der Waals surface area contributed by atoms with Crippen LogP contribution in [0.15, 0.2) is 159 Å². The van der Waals surface area contributed by atoms with Gasteiger partial charge in [0.05, 0.1) is 64.9 Å². The first kappa shape index (κ1) is 136. The molecular weight excluding hydrogens is 2590 g/mol. The minimum Gasteiger partial charge on any atom is -0.405 e. The van der Waals surface area contributed by atoms with Crippen LogP contribution in [0.4, 0.5) is 78.8 Å². The van der Waals surface area contributed by atoms with E-state index in [4.69, 9.17) is 61.7 Å². The number of alkyl halides is 3. The summed E-state index contributed by atoms with van der Waals surface area (Å²) in [7, 11) is 19.4. The third kappa shape index (κ3) is 52.1. The van der Waals surface area contributed by atoms with Crippen LogP contribution in [-0.2, 0) is 46.5 Å². The fraction of sp³-hybridized carbons (Fsp3) is 0.462. The summed E-state index contributed by atoms with van der Waals surface area (Å²) < 4.78 is 106. The predicted molar refractivity (Wildman–Crippen MR) is 615 cm³/mol. The Morgan fingerprint density at radius 1 is 0.457 bits per heavy atom. The van der Waals surface area contributed by atoms with Gasteiger partial charge in [0, 0.05) is 134 Å². The smallest absolute Gasteiger partial charge is 0.405 e. The van der Waals surface area contributed by atoms with Crippen LogP contribution in [0.3, 0.4) is 0 Å². The van der Waals surface area contributed by atoms with E-state index in [0.29, 0.717) is 66.0 Å². The van der Waals surface area contributed by atoms with Crippen LogP contribution >= 0.6 is 161 Å². The van der Waals surface area contributed by atoms with E-state index < -0.39 is 53.8 Å². The molecule has 45 heteroatoms. The molecule has 0 spiro atoms. The second-order valence-corrected chi connectivity index (χ2v) is 55.7. The number of carbonyl (C=O) groups excluding carboxylic acids is 1.